The van der Waals surface area contributed by atoms with Crippen LogP contribution in [0.25, 0.3) is 11.4 Å². The highest BCUT2D eigenvalue weighted by Crippen LogP contribution is 2.34. The summed E-state index contributed by atoms with van der Waals surface area (Å²) >= 11 is 0. The number of alkyl halides is 3. The molecule has 3 rings (SSSR count). The van der Waals surface area contributed by atoms with E-state index >= 15 is 0 Å². The maximum absolute atomic E-state index is 14.3. The molecule has 0 N–H and O–H groups in total. The summed E-state index contributed by atoms with van der Waals surface area (Å²) in [6.07, 6.45) is -4.20. The van der Waals surface area contributed by atoms with Crippen molar-refractivity contribution in [2.45, 2.75) is 25.7 Å². The fourth-order valence-corrected chi connectivity index (χ4v) is 2.26. The number of fused-ring (bicyclic) bond motifs is 1. The third kappa shape index (κ3) is 2.91. The van der Waals surface area contributed by atoms with Gasteiger partial charge in [-0.05, 0) is 19.1 Å². The molecule has 10 heteroatoms. The van der Waals surface area contributed by atoms with E-state index < -0.39 is 23.7 Å². The van der Waals surface area contributed by atoms with Gasteiger partial charge in [-0.3, -0.25) is 4.79 Å². The summed E-state index contributed by atoms with van der Waals surface area (Å²) in [7, 11) is 0. The maximum Gasteiger partial charge on any atom is 0.471 e. The Morgan fingerprint density at radius 2 is 2.12 bits per heavy atom. The Morgan fingerprint density at radius 3 is 2.75 bits per heavy atom. The lowest BCUT2D eigenvalue weighted by molar-refractivity contribution is -0.159. The summed E-state index contributed by atoms with van der Waals surface area (Å²) in [5.41, 5.74) is 0.118. The van der Waals surface area contributed by atoms with Crippen LogP contribution in [0, 0.1) is 5.82 Å². The Morgan fingerprint density at radius 1 is 1.38 bits per heavy atom. The fourth-order valence-electron chi connectivity index (χ4n) is 2.26. The fraction of sp³-hybridized carbons (Fsp3) is 0.357. The van der Waals surface area contributed by atoms with Crippen molar-refractivity contribution in [2.75, 3.05) is 6.61 Å². The lowest BCUT2D eigenvalue weighted by Gasteiger charge is -2.20. The van der Waals surface area contributed by atoms with Gasteiger partial charge in [-0.15, -0.1) is 0 Å². The molecule has 0 aliphatic carbocycles. The van der Waals surface area contributed by atoms with E-state index in [1.165, 1.54) is 11.0 Å². The Hall–Kier alpha value is -2.65. The number of halogens is 4. The largest absolute Gasteiger partial charge is 0.491 e. The van der Waals surface area contributed by atoms with Crippen molar-refractivity contribution in [1.82, 2.24) is 15.0 Å². The molecule has 1 atom stereocenters. The zero-order valence-corrected chi connectivity index (χ0v) is 12.3. The predicted octanol–water partition coefficient (Wildman–Crippen LogP) is 2.63. The van der Waals surface area contributed by atoms with Gasteiger partial charge in [0.15, 0.2) is 0 Å². The standard InChI is InChI=1S/C14H11F4N3O3/c1-7-5-23-11-3-8(2-10(15)9(11)4-21(7)6-22)12-19-13(24-20-12)14(16,17)18/h2-3,6-7H,4-5H2,1H3/t7-/m0/s1. The van der Waals surface area contributed by atoms with Crippen LogP contribution in [0.2, 0.25) is 0 Å². The molecular weight excluding hydrogens is 334 g/mol. The van der Waals surface area contributed by atoms with E-state index in [-0.39, 0.29) is 36.1 Å². The molecule has 2 aromatic rings. The first-order valence-corrected chi connectivity index (χ1v) is 6.87. The van der Waals surface area contributed by atoms with Crippen molar-refractivity contribution < 1.29 is 31.6 Å². The van der Waals surface area contributed by atoms with Crippen LogP contribution in [-0.2, 0) is 17.5 Å². The minimum absolute atomic E-state index is 0.00778. The van der Waals surface area contributed by atoms with E-state index in [0.717, 1.165) is 6.07 Å². The zero-order chi connectivity index (χ0) is 17.5. The molecule has 1 aromatic heterocycles. The molecule has 1 aliphatic heterocycles. The monoisotopic (exact) mass is 345 g/mol. The smallest absolute Gasteiger partial charge is 0.471 e. The van der Waals surface area contributed by atoms with Gasteiger partial charge < -0.3 is 14.2 Å². The van der Waals surface area contributed by atoms with Gasteiger partial charge in [-0.25, -0.2) is 4.39 Å². The van der Waals surface area contributed by atoms with Crippen molar-refractivity contribution in [3.05, 3.63) is 29.4 Å². The van der Waals surface area contributed by atoms with Crippen LogP contribution in [0.5, 0.6) is 5.75 Å². The second-order valence-electron chi connectivity index (χ2n) is 5.29. The minimum Gasteiger partial charge on any atom is -0.491 e. The molecule has 0 unspecified atom stereocenters. The van der Waals surface area contributed by atoms with Crippen LogP contribution in [0.15, 0.2) is 16.7 Å². The van der Waals surface area contributed by atoms with E-state index in [2.05, 4.69) is 14.7 Å². The highest BCUT2D eigenvalue weighted by Gasteiger charge is 2.38. The number of ether oxygens (including phenoxy) is 1. The Bertz CT molecular complexity index is 775. The number of hydrogen-bond donors (Lipinski definition) is 0. The average molecular weight is 345 g/mol. The van der Waals surface area contributed by atoms with Crippen LogP contribution < -0.4 is 4.74 Å². The molecule has 0 radical (unpaired) electrons. The summed E-state index contributed by atoms with van der Waals surface area (Å²) in [6, 6.07) is 2.02. The van der Waals surface area contributed by atoms with Crippen molar-refractivity contribution in [3.8, 4) is 17.1 Å². The van der Waals surface area contributed by atoms with E-state index in [1.54, 1.807) is 6.92 Å². The SMILES string of the molecule is C[C@H]1COc2cc(-c3noc(C(F)(F)F)n3)cc(F)c2CN1C=O. The number of benzene rings is 1. The van der Waals surface area contributed by atoms with Crippen LogP contribution in [-0.4, -0.2) is 34.1 Å². The van der Waals surface area contributed by atoms with Gasteiger partial charge in [0.25, 0.3) is 0 Å². The summed E-state index contributed by atoms with van der Waals surface area (Å²) in [5, 5.41) is 3.22. The van der Waals surface area contributed by atoms with Gasteiger partial charge in [-0.2, -0.15) is 18.2 Å². The highest BCUT2D eigenvalue weighted by atomic mass is 19.4. The highest BCUT2D eigenvalue weighted by molar-refractivity contribution is 5.60. The summed E-state index contributed by atoms with van der Waals surface area (Å²) in [6.45, 7) is 1.84. The van der Waals surface area contributed by atoms with E-state index in [4.69, 9.17) is 4.74 Å². The molecule has 0 bridgehead atoms. The molecule has 1 aromatic carbocycles. The van der Waals surface area contributed by atoms with Gasteiger partial charge in [-0.1, -0.05) is 5.16 Å². The Balaban J connectivity index is 2.00. The maximum atomic E-state index is 14.3. The van der Waals surface area contributed by atoms with Crippen LogP contribution >= 0.6 is 0 Å². The van der Waals surface area contributed by atoms with Crippen molar-refractivity contribution in [2.24, 2.45) is 0 Å². The minimum atomic E-state index is -4.79. The molecule has 2 heterocycles. The average Bonchev–Trinajstić information content (AvgIpc) is 2.95. The summed E-state index contributed by atoms with van der Waals surface area (Å²) in [4.78, 5) is 15.6. The second-order valence-corrected chi connectivity index (χ2v) is 5.29. The van der Waals surface area contributed by atoms with Gasteiger partial charge in [0.2, 0.25) is 12.2 Å². The molecule has 1 amide bonds. The molecule has 0 spiro atoms. The molecule has 0 saturated heterocycles. The molecule has 0 saturated carbocycles. The number of carbonyl (C=O) groups is 1. The van der Waals surface area contributed by atoms with Gasteiger partial charge in [0, 0.05) is 11.1 Å². The summed E-state index contributed by atoms with van der Waals surface area (Å²) < 4.78 is 61.5. The van der Waals surface area contributed by atoms with Crippen LogP contribution in [0.1, 0.15) is 18.4 Å². The Kier molecular flexibility index (Phi) is 3.90. The van der Waals surface area contributed by atoms with Gasteiger partial charge in [0.05, 0.1) is 12.6 Å². The lowest BCUT2D eigenvalue weighted by Crippen LogP contribution is -2.33. The summed E-state index contributed by atoms with van der Waals surface area (Å²) in [5.74, 6) is -2.53. The van der Waals surface area contributed by atoms with Crippen molar-refractivity contribution in [1.29, 1.82) is 0 Å². The number of aromatic nitrogens is 2. The number of rotatable bonds is 2. The van der Waals surface area contributed by atoms with E-state index in [1.807, 2.05) is 0 Å². The third-order valence-electron chi connectivity index (χ3n) is 3.60. The van der Waals surface area contributed by atoms with Crippen molar-refractivity contribution >= 4 is 6.41 Å². The molecule has 6 nitrogen and oxygen atoms in total. The first-order chi connectivity index (χ1) is 11.3. The van der Waals surface area contributed by atoms with Gasteiger partial charge in [0.1, 0.15) is 18.2 Å². The quantitative estimate of drug-likeness (QED) is 0.618. The normalized spacial score (nSPS) is 17.9. The van der Waals surface area contributed by atoms with Crippen LogP contribution in [0.4, 0.5) is 17.6 Å². The first kappa shape index (κ1) is 16.2. The van der Waals surface area contributed by atoms with E-state index in [9.17, 15) is 22.4 Å². The number of carbonyl (C=O) groups excluding carboxylic acids is 1. The van der Waals surface area contributed by atoms with Crippen molar-refractivity contribution in [3.63, 3.8) is 0 Å². The molecule has 1 aliphatic rings. The molecule has 0 fully saturated rings. The first-order valence-electron chi connectivity index (χ1n) is 6.87. The lowest BCUT2D eigenvalue weighted by atomic mass is 10.1. The topological polar surface area (TPSA) is 68.5 Å². The number of nitrogens with zero attached hydrogens (tertiary/aromatic N) is 3. The third-order valence-corrected chi connectivity index (χ3v) is 3.60. The molecular formula is C14H11F4N3O3. The van der Waals surface area contributed by atoms with Crippen LogP contribution in [0.3, 0.4) is 0 Å². The number of hydrogen-bond acceptors (Lipinski definition) is 5. The second kappa shape index (κ2) is 5.77. The van der Waals surface area contributed by atoms with Gasteiger partial charge >= 0.3 is 12.1 Å². The Labute approximate surface area is 133 Å². The molecule has 128 valence electrons. The number of amides is 1. The zero-order valence-electron chi connectivity index (χ0n) is 12.3. The predicted molar refractivity (Wildman–Crippen MR) is 71.3 cm³/mol. The van der Waals surface area contributed by atoms with E-state index in [0.29, 0.717) is 6.41 Å². The molecule has 24 heavy (non-hydrogen) atoms.